The van der Waals surface area contributed by atoms with Gasteiger partial charge in [-0.25, -0.2) is 8.42 Å². The number of hydrogen-bond acceptors (Lipinski definition) is 5. The van der Waals surface area contributed by atoms with E-state index in [2.05, 4.69) is 15.9 Å². The molecule has 0 atom stereocenters. The molecule has 0 saturated carbocycles. The van der Waals surface area contributed by atoms with Gasteiger partial charge in [0.05, 0.1) is 17.1 Å². The van der Waals surface area contributed by atoms with Gasteiger partial charge in [-0.3, -0.25) is 9.59 Å². The summed E-state index contributed by atoms with van der Waals surface area (Å²) in [5, 5.41) is 0. The molecule has 0 fully saturated rings. The second kappa shape index (κ2) is 8.21. The van der Waals surface area contributed by atoms with Crippen molar-refractivity contribution in [2.24, 2.45) is 0 Å². The van der Waals surface area contributed by atoms with Crippen molar-refractivity contribution in [3.05, 3.63) is 64.6 Å². The lowest BCUT2D eigenvalue weighted by atomic mass is 10.1. The zero-order valence-electron chi connectivity index (χ0n) is 12.6. The fraction of sp³-hybridized carbons (Fsp3) is 0.176. The zero-order valence-corrected chi connectivity index (χ0v) is 15.0. The van der Waals surface area contributed by atoms with Crippen LogP contribution in [0, 0.1) is 0 Å². The minimum atomic E-state index is -3.57. The van der Waals surface area contributed by atoms with Gasteiger partial charge in [0.2, 0.25) is 0 Å². The predicted octanol–water partition coefficient (Wildman–Crippen LogP) is 3.04. The summed E-state index contributed by atoms with van der Waals surface area (Å²) in [5.74, 6) is -1.42. The molecular weight excluding hydrogens is 396 g/mol. The van der Waals surface area contributed by atoms with Crippen LogP contribution in [0.4, 0.5) is 0 Å². The Morgan fingerprint density at radius 2 is 1.58 bits per heavy atom. The van der Waals surface area contributed by atoms with Crippen molar-refractivity contribution in [1.82, 2.24) is 0 Å². The molecule has 0 aliphatic rings. The maximum Gasteiger partial charge on any atom is 0.307 e. The molecule has 0 amide bonds. The number of carbonyl (C=O) groups is 2. The monoisotopic (exact) mass is 410 g/mol. The normalized spacial score (nSPS) is 11.0. The molecular formula is C17H15BrO5S. The van der Waals surface area contributed by atoms with Gasteiger partial charge in [0.25, 0.3) is 0 Å². The van der Waals surface area contributed by atoms with Crippen LogP contribution in [-0.2, 0) is 19.4 Å². The van der Waals surface area contributed by atoms with Gasteiger partial charge in [-0.2, -0.15) is 0 Å². The first-order valence-electron chi connectivity index (χ1n) is 7.11. The third kappa shape index (κ3) is 5.28. The van der Waals surface area contributed by atoms with E-state index in [4.69, 9.17) is 4.74 Å². The highest BCUT2D eigenvalue weighted by atomic mass is 79.9. The van der Waals surface area contributed by atoms with Crippen LogP contribution < -0.4 is 0 Å². The number of ether oxygens (including phenoxy) is 1. The molecule has 0 saturated heterocycles. The minimum absolute atomic E-state index is 0.138. The molecule has 0 spiro atoms. The molecule has 126 valence electrons. The van der Waals surface area contributed by atoms with Crippen LogP contribution >= 0.6 is 15.9 Å². The molecule has 5 nitrogen and oxygen atoms in total. The minimum Gasteiger partial charge on any atom is -0.457 e. The number of esters is 1. The molecule has 0 radical (unpaired) electrons. The van der Waals surface area contributed by atoms with Gasteiger partial charge in [-0.1, -0.05) is 46.3 Å². The van der Waals surface area contributed by atoms with Crippen molar-refractivity contribution < 1.29 is 22.7 Å². The summed E-state index contributed by atoms with van der Waals surface area (Å²) in [6, 6.07) is 14.6. The van der Waals surface area contributed by atoms with Crippen molar-refractivity contribution in [2.45, 2.75) is 11.3 Å². The first kappa shape index (κ1) is 18.4. The third-order valence-corrected chi connectivity index (χ3v) is 5.47. The number of ketones is 1. The van der Waals surface area contributed by atoms with Crippen molar-refractivity contribution in [1.29, 1.82) is 0 Å². The Balaban J connectivity index is 1.84. The van der Waals surface area contributed by atoms with Gasteiger partial charge in [0.1, 0.15) is 0 Å². The molecule has 2 aromatic rings. The quantitative estimate of drug-likeness (QED) is 0.517. The summed E-state index contributed by atoms with van der Waals surface area (Å²) in [5.41, 5.74) is 0.438. The maximum absolute atomic E-state index is 12.1. The highest BCUT2D eigenvalue weighted by Gasteiger charge is 2.18. The van der Waals surface area contributed by atoms with Gasteiger partial charge in [-0.15, -0.1) is 0 Å². The molecule has 0 heterocycles. The molecule has 0 aliphatic carbocycles. The predicted molar refractivity (Wildman–Crippen MR) is 92.5 cm³/mol. The molecule has 7 heteroatoms. The van der Waals surface area contributed by atoms with Gasteiger partial charge in [-0.05, 0) is 24.3 Å². The Morgan fingerprint density at radius 3 is 2.21 bits per heavy atom. The summed E-state index contributed by atoms with van der Waals surface area (Å²) in [4.78, 5) is 23.6. The first-order valence-corrected chi connectivity index (χ1v) is 9.55. The first-order chi connectivity index (χ1) is 11.4. The third-order valence-electron chi connectivity index (χ3n) is 3.21. The van der Waals surface area contributed by atoms with Crippen LogP contribution in [0.5, 0.6) is 0 Å². The second-order valence-electron chi connectivity index (χ2n) is 4.97. The fourth-order valence-electron chi connectivity index (χ4n) is 1.90. The molecule has 0 aromatic heterocycles. The average molecular weight is 411 g/mol. The van der Waals surface area contributed by atoms with Gasteiger partial charge < -0.3 is 4.74 Å². The van der Waals surface area contributed by atoms with E-state index in [1.165, 1.54) is 12.1 Å². The Bertz CT molecular complexity index is 814. The summed E-state index contributed by atoms with van der Waals surface area (Å²) < 4.78 is 29.8. The molecule has 24 heavy (non-hydrogen) atoms. The Labute approximate surface area is 148 Å². The molecule has 0 N–H and O–H groups in total. The van der Waals surface area contributed by atoms with E-state index >= 15 is 0 Å². The van der Waals surface area contributed by atoms with Crippen molar-refractivity contribution in [2.75, 3.05) is 12.4 Å². The van der Waals surface area contributed by atoms with Gasteiger partial charge >= 0.3 is 5.97 Å². The number of halogens is 1. The molecule has 0 bridgehead atoms. The number of carbonyl (C=O) groups excluding carboxylic acids is 2. The lowest BCUT2D eigenvalue weighted by Gasteiger charge is -2.06. The second-order valence-corrected chi connectivity index (χ2v) is 8.00. The molecule has 2 rings (SSSR count). The highest BCUT2D eigenvalue weighted by molar-refractivity contribution is 9.10. The summed E-state index contributed by atoms with van der Waals surface area (Å²) in [6.45, 7) is -0.402. The summed E-state index contributed by atoms with van der Waals surface area (Å²) in [6.07, 6.45) is -0.305. The number of Topliss-reactive ketones (excluding diaryl/α,β-unsaturated/α-hetero) is 1. The zero-order chi connectivity index (χ0) is 17.6. The topological polar surface area (TPSA) is 77.5 Å². The number of hydrogen-bond donors (Lipinski definition) is 0. The largest absolute Gasteiger partial charge is 0.457 e. The van der Waals surface area contributed by atoms with E-state index < -0.39 is 22.4 Å². The van der Waals surface area contributed by atoms with Gasteiger partial charge in [0, 0.05) is 10.0 Å². The standard InChI is InChI=1S/C17H15BrO5S/c18-14-6-8-15(9-7-14)24(21,22)11-10-17(20)23-12-16(19)13-4-2-1-3-5-13/h1-9H,10-12H2. The molecule has 0 aliphatic heterocycles. The van der Waals surface area contributed by atoms with E-state index in [-0.39, 0.29) is 22.9 Å². The maximum atomic E-state index is 12.1. The lowest BCUT2D eigenvalue weighted by molar-refractivity contribution is -0.142. The van der Waals surface area contributed by atoms with E-state index in [0.29, 0.717) is 5.56 Å². The Morgan fingerprint density at radius 1 is 0.958 bits per heavy atom. The Hall–Kier alpha value is -1.99. The van der Waals surface area contributed by atoms with Crippen LogP contribution in [-0.4, -0.2) is 32.5 Å². The number of rotatable bonds is 7. The van der Waals surface area contributed by atoms with Crippen LogP contribution in [0.2, 0.25) is 0 Å². The van der Waals surface area contributed by atoms with Crippen LogP contribution in [0.1, 0.15) is 16.8 Å². The molecule has 0 unspecified atom stereocenters. The van der Waals surface area contributed by atoms with Crippen LogP contribution in [0.15, 0.2) is 64.0 Å². The highest BCUT2D eigenvalue weighted by Crippen LogP contribution is 2.16. The van der Waals surface area contributed by atoms with E-state index in [9.17, 15) is 18.0 Å². The molecule has 2 aromatic carbocycles. The lowest BCUT2D eigenvalue weighted by Crippen LogP contribution is -2.17. The van der Waals surface area contributed by atoms with Crippen LogP contribution in [0.3, 0.4) is 0 Å². The SMILES string of the molecule is O=C(CCS(=O)(=O)c1ccc(Br)cc1)OCC(=O)c1ccccc1. The van der Waals surface area contributed by atoms with E-state index in [1.54, 1.807) is 42.5 Å². The van der Waals surface area contributed by atoms with Crippen molar-refractivity contribution in [3.8, 4) is 0 Å². The average Bonchev–Trinajstić information content (AvgIpc) is 2.59. The van der Waals surface area contributed by atoms with E-state index in [1.807, 2.05) is 0 Å². The van der Waals surface area contributed by atoms with Crippen LogP contribution in [0.25, 0.3) is 0 Å². The Kier molecular flexibility index (Phi) is 6.28. The fourth-order valence-corrected chi connectivity index (χ4v) is 3.39. The summed E-state index contributed by atoms with van der Waals surface area (Å²) in [7, 11) is -3.57. The van der Waals surface area contributed by atoms with Crippen molar-refractivity contribution >= 4 is 37.5 Å². The van der Waals surface area contributed by atoms with Crippen molar-refractivity contribution in [3.63, 3.8) is 0 Å². The number of benzene rings is 2. The van der Waals surface area contributed by atoms with Gasteiger partial charge in [0.15, 0.2) is 22.2 Å². The summed E-state index contributed by atoms with van der Waals surface area (Å²) >= 11 is 3.23. The van der Waals surface area contributed by atoms with E-state index in [0.717, 1.165) is 4.47 Å². The number of sulfone groups is 1. The smallest absolute Gasteiger partial charge is 0.307 e.